The van der Waals surface area contributed by atoms with Crippen molar-refractivity contribution in [2.45, 2.75) is 19.4 Å². The van der Waals surface area contributed by atoms with E-state index in [1.165, 1.54) is 13.0 Å². The molecule has 0 radical (unpaired) electrons. The molecule has 0 aliphatic carbocycles. The molecule has 5 nitrogen and oxygen atoms in total. The van der Waals surface area contributed by atoms with Crippen LogP contribution in [0.5, 0.6) is 5.75 Å². The summed E-state index contributed by atoms with van der Waals surface area (Å²) in [6.45, 7) is 1.61. The van der Waals surface area contributed by atoms with Gasteiger partial charge >= 0.3 is 5.97 Å². The van der Waals surface area contributed by atoms with E-state index in [0.29, 0.717) is 23.7 Å². The number of carbonyl (C=O) groups excluding carboxylic acids is 2. The summed E-state index contributed by atoms with van der Waals surface area (Å²) in [5.74, 6) is -0.715. The van der Waals surface area contributed by atoms with E-state index in [2.05, 4.69) is 5.32 Å². The molecule has 0 aliphatic rings. The van der Waals surface area contributed by atoms with Gasteiger partial charge in [-0.05, 0) is 37.1 Å². The Morgan fingerprint density at radius 3 is 2.54 bits per heavy atom. The molecular weight excluding hydrogens is 377 g/mol. The summed E-state index contributed by atoms with van der Waals surface area (Å²) < 4.78 is 10.4. The highest BCUT2D eigenvalue weighted by Gasteiger charge is 2.19. The second kappa shape index (κ2) is 10.0. The van der Waals surface area contributed by atoms with Crippen molar-refractivity contribution in [2.75, 3.05) is 13.2 Å². The van der Waals surface area contributed by atoms with Crippen LogP contribution < -0.4 is 10.1 Å². The third-order valence-corrected chi connectivity index (χ3v) is 3.98. The summed E-state index contributed by atoms with van der Waals surface area (Å²) in [6, 6.07) is 14.4. The summed E-state index contributed by atoms with van der Waals surface area (Å²) >= 11 is 11.8. The smallest absolute Gasteiger partial charge is 0.347 e. The van der Waals surface area contributed by atoms with Crippen LogP contribution >= 0.6 is 23.2 Å². The predicted molar refractivity (Wildman–Crippen MR) is 101 cm³/mol. The molecule has 0 heterocycles. The first-order chi connectivity index (χ1) is 12.5. The number of ether oxygens (including phenoxy) is 2. The van der Waals surface area contributed by atoms with Crippen LogP contribution in [0.4, 0.5) is 0 Å². The van der Waals surface area contributed by atoms with Crippen molar-refractivity contribution in [3.8, 4) is 5.75 Å². The molecule has 1 amide bonds. The Hall–Kier alpha value is -2.24. The van der Waals surface area contributed by atoms with Crippen LogP contribution in [-0.2, 0) is 20.7 Å². The van der Waals surface area contributed by atoms with Gasteiger partial charge in [0.25, 0.3) is 5.91 Å². The number of hydrogen-bond donors (Lipinski definition) is 1. The van der Waals surface area contributed by atoms with E-state index in [9.17, 15) is 9.59 Å². The summed E-state index contributed by atoms with van der Waals surface area (Å²) in [6.07, 6.45) is -0.208. The summed E-state index contributed by atoms with van der Waals surface area (Å²) in [5, 5.41) is 3.45. The lowest BCUT2D eigenvalue weighted by molar-refractivity contribution is -0.154. The minimum atomic E-state index is -0.911. The van der Waals surface area contributed by atoms with Gasteiger partial charge in [-0.25, -0.2) is 4.79 Å². The number of rotatable bonds is 8. The Morgan fingerprint density at radius 1 is 1.12 bits per heavy atom. The first-order valence-electron chi connectivity index (χ1n) is 8.04. The van der Waals surface area contributed by atoms with E-state index in [4.69, 9.17) is 32.7 Å². The summed E-state index contributed by atoms with van der Waals surface area (Å²) in [5.41, 5.74) is 1.12. The third kappa shape index (κ3) is 6.58. The van der Waals surface area contributed by atoms with Crippen molar-refractivity contribution < 1.29 is 19.1 Å². The molecule has 1 N–H and O–H groups in total. The molecule has 7 heteroatoms. The number of benzene rings is 2. The molecule has 0 aromatic heterocycles. The fourth-order valence-corrected chi connectivity index (χ4v) is 2.56. The van der Waals surface area contributed by atoms with Crippen LogP contribution in [0.3, 0.4) is 0 Å². The summed E-state index contributed by atoms with van der Waals surface area (Å²) in [7, 11) is 0. The largest absolute Gasteiger partial charge is 0.477 e. The van der Waals surface area contributed by atoms with Crippen LogP contribution in [0.2, 0.25) is 10.0 Å². The molecule has 0 saturated heterocycles. The molecule has 0 spiro atoms. The zero-order valence-corrected chi connectivity index (χ0v) is 15.7. The Balaban J connectivity index is 1.70. The average Bonchev–Trinajstić information content (AvgIpc) is 2.63. The van der Waals surface area contributed by atoms with Crippen LogP contribution in [0.1, 0.15) is 12.5 Å². The quantitative estimate of drug-likeness (QED) is 0.692. The van der Waals surface area contributed by atoms with E-state index in [-0.39, 0.29) is 17.5 Å². The van der Waals surface area contributed by atoms with E-state index in [1.54, 1.807) is 12.1 Å². The topological polar surface area (TPSA) is 64.6 Å². The van der Waals surface area contributed by atoms with E-state index in [0.717, 1.165) is 5.56 Å². The van der Waals surface area contributed by atoms with Crippen LogP contribution in [0.15, 0.2) is 48.5 Å². The van der Waals surface area contributed by atoms with Gasteiger partial charge < -0.3 is 14.8 Å². The van der Waals surface area contributed by atoms with Crippen LogP contribution in [0.25, 0.3) is 0 Å². The molecule has 26 heavy (non-hydrogen) atoms. The van der Waals surface area contributed by atoms with Crippen LogP contribution in [-0.4, -0.2) is 31.1 Å². The van der Waals surface area contributed by atoms with Gasteiger partial charge in [0, 0.05) is 11.6 Å². The Morgan fingerprint density at radius 2 is 1.85 bits per heavy atom. The maximum absolute atomic E-state index is 11.9. The lowest BCUT2D eigenvalue weighted by Gasteiger charge is -2.15. The standard InChI is InChI=1S/C19H19Cl2NO4/c1-13(26-17-8-7-15(20)11-16(17)21)19(24)25-12-18(23)22-10-9-14-5-3-2-4-6-14/h2-8,11,13H,9-10,12H2,1H3,(H,22,23). The zero-order valence-electron chi connectivity index (χ0n) is 14.2. The van der Waals surface area contributed by atoms with Gasteiger partial charge in [-0.1, -0.05) is 53.5 Å². The fourth-order valence-electron chi connectivity index (χ4n) is 2.11. The zero-order chi connectivity index (χ0) is 18.9. The van der Waals surface area contributed by atoms with Gasteiger partial charge in [0.2, 0.25) is 0 Å². The molecule has 1 atom stereocenters. The predicted octanol–water partition coefficient (Wildman–Crippen LogP) is 3.66. The minimum Gasteiger partial charge on any atom is -0.477 e. The van der Waals surface area contributed by atoms with E-state index in [1.807, 2.05) is 30.3 Å². The molecule has 138 valence electrons. The number of hydrogen-bond acceptors (Lipinski definition) is 4. The van der Waals surface area contributed by atoms with Crippen molar-refractivity contribution in [2.24, 2.45) is 0 Å². The van der Waals surface area contributed by atoms with E-state index >= 15 is 0 Å². The molecular formula is C19H19Cl2NO4. The van der Waals surface area contributed by atoms with Crippen molar-refractivity contribution in [3.63, 3.8) is 0 Å². The first-order valence-corrected chi connectivity index (χ1v) is 8.80. The fraction of sp³-hybridized carbons (Fsp3) is 0.263. The van der Waals surface area contributed by atoms with Gasteiger partial charge in [-0.2, -0.15) is 0 Å². The minimum absolute atomic E-state index is 0.288. The number of halogens is 2. The lowest BCUT2D eigenvalue weighted by Crippen LogP contribution is -2.33. The highest BCUT2D eigenvalue weighted by molar-refractivity contribution is 6.35. The molecule has 2 rings (SSSR count). The van der Waals surface area contributed by atoms with E-state index < -0.39 is 12.1 Å². The van der Waals surface area contributed by atoms with Gasteiger partial charge in [0.1, 0.15) is 5.75 Å². The van der Waals surface area contributed by atoms with Crippen LogP contribution in [0, 0.1) is 0 Å². The normalized spacial score (nSPS) is 11.5. The van der Waals surface area contributed by atoms with Crippen molar-refractivity contribution in [3.05, 3.63) is 64.1 Å². The van der Waals surface area contributed by atoms with Gasteiger partial charge in [-0.15, -0.1) is 0 Å². The first kappa shape index (κ1) is 20.1. The number of carbonyl (C=O) groups is 2. The number of nitrogens with one attached hydrogen (secondary N) is 1. The number of amides is 1. The Kier molecular flexibility index (Phi) is 7.75. The van der Waals surface area contributed by atoms with Crippen molar-refractivity contribution >= 4 is 35.1 Å². The second-order valence-corrected chi connectivity index (χ2v) is 6.37. The lowest BCUT2D eigenvalue weighted by atomic mass is 10.1. The summed E-state index contributed by atoms with van der Waals surface area (Å²) in [4.78, 5) is 23.7. The molecule has 0 aliphatic heterocycles. The molecule has 1 unspecified atom stereocenters. The van der Waals surface area contributed by atoms with Gasteiger partial charge in [-0.3, -0.25) is 4.79 Å². The maximum atomic E-state index is 11.9. The monoisotopic (exact) mass is 395 g/mol. The second-order valence-electron chi connectivity index (χ2n) is 5.53. The van der Waals surface area contributed by atoms with Crippen molar-refractivity contribution in [1.29, 1.82) is 0 Å². The molecule has 2 aromatic rings. The highest BCUT2D eigenvalue weighted by Crippen LogP contribution is 2.28. The SMILES string of the molecule is CC(Oc1ccc(Cl)cc1Cl)C(=O)OCC(=O)NCCc1ccccc1. The molecule has 0 saturated carbocycles. The molecule has 2 aromatic carbocycles. The maximum Gasteiger partial charge on any atom is 0.347 e. The Bertz CT molecular complexity index is 752. The third-order valence-electron chi connectivity index (χ3n) is 3.45. The van der Waals surface area contributed by atoms with Gasteiger partial charge in [0.15, 0.2) is 12.7 Å². The average molecular weight is 396 g/mol. The number of esters is 1. The molecule has 0 fully saturated rings. The highest BCUT2D eigenvalue weighted by atomic mass is 35.5. The molecule has 0 bridgehead atoms. The van der Waals surface area contributed by atoms with Crippen molar-refractivity contribution in [1.82, 2.24) is 5.32 Å². The Labute approximate surface area is 162 Å². The van der Waals surface area contributed by atoms with Gasteiger partial charge in [0.05, 0.1) is 5.02 Å².